The number of alkyl carbamates (subject to hydrolysis) is 1. The smallest absolute Gasteiger partial charge is 0.409 e. The minimum absolute atomic E-state index is 0.00994. The molecule has 394 valence electrons. The third-order valence-corrected chi connectivity index (χ3v) is 17.9. The fourth-order valence-corrected chi connectivity index (χ4v) is 12.2. The quantitative estimate of drug-likeness (QED) is 0.0505. The van der Waals surface area contributed by atoms with Crippen LogP contribution in [0.2, 0.25) is 5.02 Å². The summed E-state index contributed by atoms with van der Waals surface area (Å²) in [7, 11) is 3.28. The van der Waals surface area contributed by atoms with Crippen LogP contribution in [-0.2, 0) is 69.1 Å². The van der Waals surface area contributed by atoms with Crippen LogP contribution in [0.15, 0.2) is 35.9 Å². The molecule has 3 N–H and O–H groups in total. The number of rotatable bonds is 16. The number of hydrogen-bond acceptors (Lipinski definition) is 18. The summed E-state index contributed by atoms with van der Waals surface area (Å²) in [6.07, 6.45) is -0.390. The van der Waals surface area contributed by atoms with Crippen LogP contribution in [0.4, 0.5) is 10.5 Å². The summed E-state index contributed by atoms with van der Waals surface area (Å²) in [6, 6.07) is 2.34. The molecular weight excluding hydrogens is 1010 g/mol. The first-order chi connectivity index (χ1) is 33.0. The highest BCUT2D eigenvalue weighted by Gasteiger charge is 2.64. The van der Waals surface area contributed by atoms with Gasteiger partial charge in [0.25, 0.3) is 21.9 Å². The van der Waals surface area contributed by atoms with Crippen molar-refractivity contribution in [3.63, 3.8) is 0 Å². The highest BCUT2D eigenvalue weighted by atomic mass is 35.5. The van der Waals surface area contributed by atoms with Gasteiger partial charge < -0.3 is 43.4 Å². The number of carbonyl (C=O) groups is 7. The normalized spacial score (nSPS) is 28.4. The van der Waals surface area contributed by atoms with Crippen LogP contribution in [0, 0.1) is 5.92 Å². The molecule has 5 amide bonds. The Morgan fingerprint density at radius 3 is 2.38 bits per heavy atom. The number of halogens is 1. The number of nitrogens with one attached hydrogen (secondary N) is 1. The maximum Gasteiger partial charge on any atom is 0.409 e. The van der Waals surface area contributed by atoms with E-state index in [2.05, 4.69) is 5.32 Å². The number of epoxide rings is 1. The number of ether oxygens (including phenoxy) is 5. The number of benzene rings is 1. The van der Waals surface area contributed by atoms with Crippen molar-refractivity contribution in [2.75, 3.05) is 39.0 Å². The summed E-state index contributed by atoms with van der Waals surface area (Å²) in [5.41, 5.74) is -1.27. The van der Waals surface area contributed by atoms with Crippen LogP contribution in [0.5, 0.6) is 5.75 Å². The number of nitrogens with zero attached hydrogens (tertiary/aromatic N) is 3. The van der Waals surface area contributed by atoms with Crippen molar-refractivity contribution in [3.8, 4) is 5.75 Å². The number of allylic oxidation sites excluding steroid dienone is 3. The average Bonchev–Trinajstić information content (AvgIpc) is 3.90. The minimum Gasteiger partial charge on any atom is -0.495 e. The van der Waals surface area contributed by atoms with Gasteiger partial charge in [-0.3, -0.25) is 29.0 Å². The zero-order valence-corrected chi connectivity index (χ0v) is 44.5. The zero-order chi connectivity index (χ0) is 53.0. The third kappa shape index (κ3) is 14.0. The SMILES string of the molecule is COc1cc2cc(c1Cl)N(C)C(=O)C[C@H](OC(=O)[C@H](C)N(C)C(=O)CCC(C)(C)SSCCC(C(=O)ON1C(=O)CCC1=O)S(=O)(=O)O)[C@@]1(C)O[C@H]1[C@H](C)[C@@H]1C[C@@](O)(NC(=O)O1)[C@H](OC)/C=C/C=C(\C)C2. The van der Waals surface area contributed by atoms with Crippen LogP contribution < -0.4 is 15.0 Å². The lowest BCUT2D eigenvalue weighted by Gasteiger charge is -2.42. The van der Waals surface area contributed by atoms with Gasteiger partial charge in [0.05, 0.1) is 25.3 Å². The molecule has 0 aromatic heterocycles. The molecule has 0 radical (unpaired) electrons. The number of esters is 1. The number of hydrogen-bond donors (Lipinski definition) is 3. The Morgan fingerprint density at radius 2 is 1.76 bits per heavy atom. The summed E-state index contributed by atoms with van der Waals surface area (Å²) in [5.74, 6) is -5.17. The Bertz CT molecular complexity index is 2410. The summed E-state index contributed by atoms with van der Waals surface area (Å²) < 4.78 is 62.5. The summed E-state index contributed by atoms with van der Waals surface area (Å²) >= 11 is 6.80. The second kappa shape index (κ2) is 23.2. The Morgan fingerprint density at radius 1 is 1.10 bits per heavy atom. The fraction of sp³-hybridized carbons (Fsp3) is 0.630. The molecule has 5 rings (SSSR count). The molecule has 3 fully saturated rings. The zero-order valence-electron chi connectivity index (χ0n) is 41.3. The van der Waals surface area contributed by atoms with Gasteiger partial charge in [0.2, 0.25) is 11.8 Å². The standard InChI is InChI=1S/C46H63ClN4O17S3/c1-25-12-11-13-33(64-10)46(59)24-31(65-43(58)48-46)26(2)40-45(6,67-40)34(23-38(55)50(8)29-21-28(20-25)22-30(63-9)39(29)47)66-41(56)27(3)49(7)35(52)16-18-44(4,5)70-69-19-17-32(71(60,61)62)42(57)68-51-36(53)14-15-37(51)54/h11-13,21-22,26-27,31-34,40,59H,14-20,23-24H2,1-10H3,(H,48,58)(H,60,61,62)/b13-11+,25-12+/t26-,27+,31+,32?,33-,34+,40+,45-,46+/m1/s1. The molecule has 25 heteroatoms. The number of aliphatic hydroxyl groups is 1. The first-order valence-electron chi connectivity index (χ1n) is 22.7. The van der Waals surface area contributed by atoms with Crippen LogP contribution in [-0.4, -0.2) is 156 Å². The van der Waals surface area contributed by atoms with Gasteiger partial charge in [-0.05, 0) is 71.6 Å². The summed E-state index contributed by atoms with van der Waals surface area (Å²) in [6.45, 7) is 10.4. The highest BCUT2D eigenvalue weighted by molar-refractivity contribution is 8.77. The van der Waals surface area contributed by atoms with E-state index in [0.717, 1.165) is 21.9 Å². The van der Waals surface area contributed by atoms with Gasteiger partial charge in [-0.25, -0.2) is 14.4 Å². The van der Waals surface area contributed by atoms with Gasteiger partial charge in [-0.1, -0.05) is 63.9 Å². The Hall–Kier alpha value is -4.43. The minimum atomic E-state index is -4.97. The van der Waals surface area contributed by atoms with Gasteiger partial charge in [-0.2, -0.15) is 8.42 Å². The van der Waals surface area contributed by atoms with Crippen molar-refractivity contribution in [1.29, 1.82) is 0 Å². The molecule has 71 heavy (non-hydrogen) atoms. The molecule has 21 nitrogen and oxygen atoms in total. The highest BCUT2D eigenvalue weighted by Crippen LogP contribution is 2.49. The summed E-state index contributed by atoms with van der Waals surface area (Å²) in [5, 5.41) is 12.6. The largest absolute Gasteiger partial charge is 0.495 e. The van der Waals surface area contributed by atoms with Gasteiger partial charge >= 0.3 is 18.0 Å². The molecule has 1 aromatic rings. The van der Waals surface area contributed by atoms with Crippen LogP contribution in [0.1, 0.15) is 92.1 Å². The molecule has 0 aliphatic carbocycles. The third-order valence-electron chi connectivity index (χ3n) is 13.0. The predicted molar refractivity (Wildman–Crippen MR) is 261 cm³/mol. The molecule has 1 unspecified atom stereocenters. The molecule has 3 saturated heterocycles. The molecule has 1 aromatic carbocycles. The molecule has 4 bridgehead atoms. The van der Waals surface area contributed by atoms with Crippen molar-refractivity contribution < 1.29 is 80.2 Å². The lowest BCUT2D eigenvalue weighted by Crippen LogP contribution is -2.63. The van der Waals surface area contributed by atoms with E-state index in [9.17, 15) is 51.6 Å². The number of carbonyl (C=O) groups excluding carboxylic acids is 7. The Kier molecular flexibility index (Phi) is 18.8. The molecule has 9 atom stereocenters. The number of likely N-dealkylation sites (N-methyl/N-ethyl adjacent to an activating group) is 1. The van der Waals surface area contributed by atoms with E-state index < -0.39 is 122 Å². The number of fused-ring (bicyclic) bond motifs is 5. The monoisotopic (exact) mass is 1070 g/mol. The molecule has 0 spiro atoms. The number of methoxy groups -OCH3 is 2. The molecule has 4 aliphatic rings. The van der Waals surface area contributed by atoms with Crippen molar-refractivity contribution in [3.05, 3.63) is 46.5 Å². The Labute approximate surface area is 426 Å². The molecule has 4 heterocycles. The molecular formula is C46H63ClN4O17S3. The number of hydroxylamine groups is 2. The fourth-order valence-electron chi connectivity index (χ4n) is 8.40. The van der Waals surface area contributed by atoms with E-state index in [0.29, 0.717) is 17.9 Å². The maximum atomic E-state index is 14.3. The average molecular weight is 1080 g/mol. The van der Waals surface area contributed by atoms with Crippen LogP contribution >= 0.6 is 33.2 Å². The maximum absolute atomic E-state index is 14.3. The number of amides is 5. The van der Waals surface area contributed by atoms with E-state index in [-0.39, 0.29) is 47.9 Å². The van der Waals surface area contributed by atoms with E-state index in [4.69, 9.17) is 40.1 Å². The van der Waals surface area contributed by atoms with Gasteiger partial charge in [0.15, 0.2) is 11.0 Å². The lowest BCUT2D eigenvalue weighted by molar-refractivity contribution is -0.197. The lowest BCUT2D eigenvalue weighted by atomic mass is 9.83. The first kappa shape index (κ1) is 57.5. The number of anilines is 1. The van der Waals surface area contributed by atoms with E-state index in [1.54, 1.807) is 38.1 Å². The predicted octanol–water partition coefficient (Wildman–Crippen LogP) is 4.71. The van der Waals surface area contributed by atoms with E-state index in [1.807, 2.05) is 26.8 Å². The molecule has 0 saturated carbocycles. The van der Waals surface area contributed by atoms with Gasteiger partial charge in [0.1, 0.15) is 40.7 Å². The van der Waals surface area contributed by atoms with E-state index >= 15 is 0 Å². The number of imide groups is 1. The van der Waals surface area contributed by atoms with Crippen LogP contribution in [0.25, 0.3) is 0 Å². The van der Waals surface area contributed by atoms with Crippen LogP contribution in [0.3, 0.4) is 0 Å². The summed E-state index contributed by atoms with van der Waals surface area (Å²) in [4.78, 5) is 98.6. The first-order valence-corrected chi connectivity index (χ1v) is 26.9. The van der Waals surface area contributed by atoms with Crippen molar-refractivity contribution in [2.24, 2.45) is 5.92 Å². The van der Waals surface area contributed by atoms with E-state index in [1.165, 1.54) is 55.8 Å². The van der Waals surface area contributed by atoms with Gasteiger partial charge in [-0.15, -0.1) is 5.06 Å². The van der Waals surface area contributed by atoms with Crippen molar-refractivity contribution in [2.45, 2.75) is 145 Å². The van der Waals surface area contributed by atoms with Crippen molar-refractivity contribution in [1.82, 2.24) is 15.3 Å². The second-order valence-electron chi connectivity index (χ2n) is 18.9. The molecule has 4 aliphatic heterocycles. The van der Waals surface area contributed by atoms with Gasteiger partial charge in [0, 0.05) is 63.3 Å². The Balaban J connectivity index is 1.29. The second-order valence-corrected chi connectivity index (χ2v) is 24.0. The van der Waals surface area contributed by atoms with Crippen molar-refractivity contribution >= 4 is 90.7 Å². The topological polar surface area (TPSA) is 275 Å².